The number of hydrogen-bond donors (Lipinski definition) is 7. The number of rotatable bonds is 25. The lowest BCUT2D eigenvalue weighted by molar-refractivity contribution is -0.169. The van der Waals surface area contributed by atoms with Crippen LogP contribution in [-0.4, -0.2) is 90.6 Å². The first-order chi connectivity index (χ1) is 22.3. The van der Waals surface area contributed by atoms with Crippen LogP contribution in [0.25, 0.3) is 0 Å². The van der Waals surface area contributed by atoms with E-state index in [1.165, 1.54) is 0 Å². The molecular weight excluding hydrogens is 624 g/mol. The highest BCUT2D eigenvalue weighted by Crippen LogP contribution is 2.26. The average Bonchev–Trinajstić information content (AvgIpc) is 2.92. The van der Waals surface area contributed by atoms with Crippen LogP contribution < -0.4 is 0 Å². The van der Waals surface area contributed by atoms with Gasteiger partial charge >= 0.3 is 23.9 Å². The van der Waals surface area contributed by atoms with E-state index in [-0.39, 0.29) is 18.8 Å². The number of carboxylic acid groups (broad SMARTS) is 3. The van der Waals surface area contributed by atoms with Crippen LogP contribution in [0.15, 0.2) is 46.6 Å². The van der Waals surface area contributed by atoms with Crippen LogP contribution >= 0.6 is 0 Å². The summed E-state index contributed by atoms with van der Waals surface area (Å²) in [6, 6.07) is 0. The molecule has 0 aromatic rings. The van der Waals surface area contributed by atoms with Crippen molar-refractivity contribution in [3.05, 3.63) is 46.6 Å². The number of unbranched alkanes of at least 4 members (excludes halogenated alkanes) is 2. The van der Waals surface area contributed by atoms with Gasteiger partial charge in [0.15, 0.2) is 0 Å². The fourth-order valence-corrected chi connectivity index (χ4v) is 5.89. The highest BCUT2D eigenvalue weighted by atomic mass is 16.5. The van der Waals surface area contributed by atoms with Gasteiger partial charge in [-0.15, -0.1) is 0 Å². The number of carbonyl (C=O) groups excluding carboxylic acids is 1. The molecule has 0 heterocycles. The number of hydrogen-bond acceptors (Lipinski definition) is 9. The minimum atomic E-state index is -1.37. The number of esters is 1. The smallest absolute Gasteiger partial charge is 0.328 e. The minimum absolute atomic E-state index is 0.121. The molecule has 0 bridgehead atoms. The second-order valence-corrected chi connectivity index (χ2v) is 13.4. The summed E-state index contributed by atoms with van der Waals surface area (Å²) in [6.07, 6.45) is 7.88. The van der Waals surface area contributed by atoms with Crippen molar-refractivity contribution >= 4 is 23.9 Å². The molecule has 7 N–H and O–H groups in total. The van der Waals surface area contributed by atoms with Crippen LogP contribution in [0.1, 0.15) is 106 Å². The Balaban J connectivity index is 5.11. The molecule has 48 heavy (non-hydrogen) atoms. The average molecular weight is 683 g/mol. The zero-order valence-corrected chi connectivity index (χ0v) is 29.4. The fraction of sp³-hybridized carbons (Fsp3) is 0.667. The van der Waals surface area contributed by atoms with Gasteiger partial charge in [0.25, 0.3) is 0 Å². The number of aliphatic hydroxyl groups is 4. The van der Waals surface area contributed by atoms with Gasteiger partial charge in [-0.25, -0.2) is 9.59 Å². The van der Waals surface area contributed by atoms with Crippen molar-refractivity contribution in [2.45, 2.75) is 124 Å². The molecule has 12 nitrogen and oxygen atoms in total. The summed E-state index contributed by atoms with van der Waals surface area (Å²) in [7, 11) is 0. The predicted molar refractivity (Wildman–Crippen MR) is 181 cm³/mol. The van der Waals surface area contributed by atoms with Crippen molar-refractivity contribution in [3.8, 4) is 0 Å². The summed E-state index contributed by atoms with van der Waals surface area (Å²) < 4.78 is 5.50. The minimum Gasteiger partial charge on any atom is -0.481 e. The molecule has 0 aromatic carbocycles. The second kappa shape index (κ2) is 23.1. The Morgan fingerprint density at radius 3 is 1.73 bits per heavy atom. The lowest BCUT2D eigenvalue weighted by atomic mass is 9.89. The van der Waals surface area contributed by atoms with Crippen LogP contribution in [0.3, 0.4) is 0 Å². The fourth-order valence-electron chi connectivity index (χ4n) is 5.89. The Hall–Kier alpha value is -3.32. The molecule has 0 aromatic heterocycles. The maximum Gasteiger partial charge on any atom is 0.328 e. The summed E-state index contributed by atoms with van der Waals surface area (Å²) in [5.74, 6) is -6.78. The van der Waals surface area contributed by atoms with E-state index in [1.54, 1.807) is 33.8 Å². The summed E-state index contributed by atoms with van der Waals surface area (Å²) in [6.45, 7) is 9.32. The highest BCUT2D eigenvalue weighted by Gasteiger charge is 2.35. The first-order valence-corrected chi connectivity index (χ1v) is 16.5. The summed E-state index contributed by atoms with van der Waals surface area (Å²) in [4.78, 5) is 46.5. The molecule has 0 saturated heterocycles. The van der Waals surface area contributed by atoms with E-state index < -0.39 is 66.7 Å². The maximum atomic E-state index is 13.0. The second-order valence-electron chi connectivity index (χ2n) is 13.4. The molecule has 0 amide bonds. The van der Waals surface area contributed by atoms with Gasteiger partial charge in [0, 0.05) is 12.2 Å². The van der Waals surface area contributed by atoms with Crippen molar-refractivity contribution in [1.82, 2.24) is 0 Å². The number of aliphatic carboxylic acids is 3. The normalized spacial score (nSPS) is 17.5. The van der Waals surface area contributed by atoms with Crippen molar-refractivity contribution in [1.29, 1.82) is 0 Å². The van der Waals surface area contributed by atoms with E-state index in [9.17, 15) is 44.7 Å². The zero-order chi connectivity index (χ0) is 37.0. The number of aliphatic hydroxyl groups excluding tert-OH is 3. The third-order valence-corrected chi connectivity index (χ3v) is 8.08. The van der Waals surface area contributed by atoms with Gasteiger partial charge in [0.1, 0.15) is 17.9 Å². The van der Waals surface area contributed by atoms with Crippen LogP contribution in [0.5, 0.6) is 0 Å². The molecule has 12 heteroatoms. The molecule has 0 spiro atoms. The van der Waals surface area contributed by atoms with E-state index in [0.29, 0.717) is 49.7 Å². The Kier molecular flexibility index (Phi) is 21.5. The molecule has 274 valence electrons. The molecule has 0 radical (unpaired) electrons. The largest absolute Gasteiger partial charge is 0.481 e. The van der Waals surface area contributed by atoms with Crippen LogP contribution in [-0.2, 0) is 23.9 Å². The van der Waals surface area contributed by atoms with Crippen molar-refractivity contribution in [2.24, 2.45) is 17.8 Å². The molecular formula is C36H58O12. The number of carboxylic acids is 3. The molecule has 0 rings (SSSR count). The molecule has 0 fully saturated rings. The first kappa shape index (κ1) is 44.7. The van der Waals surface area contributed by atoms with Crippen LogP contribution in [0.2, 0.25) is 0 Å². The quantitative estimate of drug-likeness (QED) is 0.0299. The van der Waals surface area contributed by atoms with Crippen molar-refractivity contribution in [3.63, 3.8) is 0 Å². The highest BCUT2D eigenvalue weighted by molar-refractivity contribution is 5.81. The Morgan fingerprint density at radius 1 is 0.729 bits per heavy atom. The molecule has 0 aliphatic heterocycles. The third-order valence-electron chi connectivity index (χ3n) is 8.08. The monoisotopic (exact) mass is 682 g/mol. The van der Waals surface area contributed by atoms with E-state index in [1.807, 2.05) is 13.0 Å². The van der Waals surface area contributed by atoms with Gasteiger partial charge in [0.05, 0.1) is 24.9 Å². The summed E-state index contributed by atoms with van der Waals surface area (Å²) >= 11 is 0. The molecule has 0 unspecified atom stereocenters. The summed E-state index contributed by atoms with van der Waals surface area (Å²) in [5, 5.41) is 68.5. The van der Waals surface area contributed by atoms with E-state index in [2.05, 4.69) is 6.92 Å². The Labute approximate surface area is 284 Å². The van der Waals surface area contributed by atoms with Gasteiger partial charge in [-0.3, -0.25) is 9.59 Å². The van der Waals surface area contributed by atoms with E-state index in [4.69, 9.17) is 14.9 Å². The first-order valence-electron chi connectivity index (χ1n) is 16.5. The standard InChI is InChI=1S/C36H58O12/c1-23(15-24(2)16-25(3)18-32(40)41)11-7-8-13-31(29(22-38)34(44)45)48-35(46)28(21-37)30(39)12-9-10-14-36(6,47)20-27(5)17-26(4)19-33(42)43/h16-19,23,28-31,37-39,47H,7-15,20-22H2,1-6H3,(H,40,41)(H,42,43)(H,44,45)/b24-16+,25-18+,26-19+,27-17+/t23-,28+,29-,30-,31-,36+/m1/s1. The SMILES string of the molecule is CC(=C\C(=O)O)/C=C(\C)C[C@H](C)CCCC[C@@H](OC(=O)[C@@H](CO)[C@H](O)CCCC[C@](C)(O)C/C(C)=C/C(C)=C/C(=O)O)[C@@H](CO)C(=O)O. The van der Waals surface area contributed by atoms with E-state index in [0.717, 1.165) is 36.1 Å². The van der Waals surface area contributed by atoms with Crippen LogP contribution in [0.4, 0.5) is 0 Å². The van der Waals surface area contributed by atoms with Crippen molar-refractivity contribution < 1.29 is 59.7 Å². The van der Waals surface area contributed by atoms with Gasteiger partial charge in [-0.1, -0.05) is 55.9 Å². The topological polar surface area (TPSA) is 219 Å². The number of carbonyl (C=O) groups is 4. The molecule has 0 saturated carbocycles. The molecule has 0 aliphatic carbocycles. The third kappa shape index (κ3) is 20.1. The summed E-state index contributed by atoms with van der Waals surface area (Å²) in [5.41, 5.74) is 1.93. The number of allylic oxidation sites excluding steroid dienone is 5. The zero-order valence-electron chi connectivity index (χ0n) is 29.4. The van der Waals surface area contributed by atoms with Crippen molar-refractivity contribution in [2.75, 3.05) is 13.2 Å². The van der Waals surface area contributed by atoms with Gasteiger partial charge < -0.3 is 40.5 Å². The molecule has 0 aliphatic rings. The number of ether oxygens (including phenoxy) is 1. The van der Waals surface area contributed by atoms with Crippen LogP contribution in [0, 0.1) is 17.8 Å². The van der Waals surface area contributed by atoms with Gasteiger partial charge in [-0.05, 0) is 90.2 Å². The van der Waals surface area contributed by atoms with Gasteiger partial charge in [-0.2, -0.15) is 0 Å². The lowest BCUT2D eigenvalue weighted by Gasteiger charge is -2.27. The predicted octanol–water partition coefficient (Wildman–Crippen LogP) is 4.80. The van der Waals surface area contributed by atoms with E-state index >= 15 is 0 Å². The molecule has 6 atom stereocenters. The Morgan fingerprint density at radius 2 is 1.23 bits per heavy atom. The van der Waals surface area contributed by atoms with Gasteiger partial charge in [0.2, 0.25) is 0 Å². The maximum absolute atomic E-state index is 13.0. The lowest BCUT2D eigenvalue weighted by Crippen LogP contribution is -2.40. The Bertz CT molecular complexity index is 1160.